The highest BCUT2D eigenvalue weighted by molar-refractivity contribution is 8.68. The van der Waals surface area contributed by atoms with Gasteiger partial charge >= 0.3 is 0 Å². The van der Waals surface area contributed by atoms with Gasteiger partial charge in [0.2, 0.25) is 5.91 Å². The lowest BCUT2D eigenvalue weighted by Crippen LogP contribution is -2.28. The molecule has 0 aliphatic rings. The van der Waals surface area contributed by atoms with E-state index in [1.54, 1.807) is 6.92 Å². The fraction of sp³-hybridized carbons (Fsp3) is 0.727. The first kappa shape index (κ1) is 19.0. The molecule has 17 heavy (non-hydrogen) atoms. The monoisotopic (exact) mass is 279 g/mol. The van der Waals surface area contributed by atoms with Crippen molar-refractivity contribution in [2.45, 2.75) is 20.8 Å². The Bertz CT molecular complexity index is 226. The predicted octanol–water partition coefficient (Wildman–Crippen LogP) is 1.72. The summed E-state index contributed by atoms with van der Waals surface area (Å²) < 4.78 is 10.1. The molecule has 1 N–H and O–H groups in total. The molecule has 0 aliphatic carbocycles. The van der Waals surface area contributed by atoms with Crippen LogP contribution >= 0.6 is 22.5 Å². The van der Waals surface area contributed by atoms with E-state index < -0.39 is 0 Å². The van der Waals surface area contributed by atoms with Crippen LogP contribution in [0.25, 0.3) is 0 Å². The molecule has 0 aliphatic heterocycles. The molecule has 0 unspecified atom stereocenters. The number of nitrogens with one attached hydrogen (secondary N) is 1. The number of ether oxygens (including phenoxy) is 2. The molecule has 0 aromatic carbocycles. The molecule has 4 nitrogen and oxygen atoms in total. The van der Waals surface area contributed by atoms with Crippen LogP contribution < -0.4 is 5.32 Å². The lowest BCUT2D eigenvalue weighted by Gasteiger charge is -2.04. The minimum Gasteiger partial charge on any atom is -0.369 e. The van der Waals surface area contributed by atoms with Crippen molar-refractivity contribution < 1.29 is 14.3 Å². The predicted molar refractivity (Wildman–Crippen MR) is 76.0 cm³/mol. The van der Waals surface area contributed by atoms with Crippen LogP contribution in [0.3, 0.4) is 0 Å². The molecule has 0 radical (unpaired) electrons. The van der Waals surface area contributed by atoms with Crippen LogP contribution in [0.4, 0.5) is 0 Å². The van der Waals surface area contributed by atoms with Crippen LogP contribution in [0.15, 0.2) is 0 Å². The van der Waals surface area contributed by atoms with Crippen LogP contribution in [0.5, 0.6) is 0 Å². The quantitative estimate of drug-likeness (QED) is 0.233. The van der Waals surface area contributed by atoms with E-state index in [0.29, 0.717) is 25.7 Å². The number of amides is 1. The smallest absolute Gasteiger partial charge is 0.246 e. The van der Waals surface area contributed by atoms with Gasteiger partial charge in [-0.05, 0) is 6.92 Å². The highest BCUT2D eigenvalue weighted by Gasteiger charge is 1.98. The normalized spacial score (nSPS) is 8.47. The highest BCUT2D eigenvalue weighted by Crippen LogP contribution is 2.03. The minimum absolute atomic E-state index is 0.0444. The van der Waals surface area contributed by atoms with Crippen LogP contribution in [-0.2, 0) is 14.3 Å². The molecule has 0 spiro atoms. The maximum Gasteiger partial charge on any atom is 0.246 e. The van der Waals surface area contributed by atoms with Crippen molar-refractivity contribution in [2.24, 2.45) is 0 Å². The van der Waals surface area contributed by atoms with E-state index in [9.17, 15) is 4.79 Å². The van der Waals surface area contributed by atoms with Crippen LogP contribution in [-0.4, -0.2) is 38.2 Å². The fourth-order valence-electron chi connectivity index (χ4n) is 0.661. The van der Waals surface area contributed by atoms with Crippen LogP contribution in [0.1, 0.15) is 20.8 Å². The lowest BCUT2D eigenvalue weighted by molar-refractivity contribution is -0.125. The summed E-state index contributed by atoms with van der Waals surface area (Å²) in [4.78, 5) is 11.0. The van der Waals surface area contributed by atoms with Gasteiger partial charge in [0.15, 0.2) is 0 Å². The summed E-state index contributed by atoms with van der Waals surface area (Å²) >= 11 is 3.90. The lowest BCUT2D eigenvalue weighted by atomic mass is 10.5. The van der Waals surface area contributed by atoms with Crippen molar-refractivity contribution in [1.29, 1.82) is 0 Å². The topological polar surface area (TPSA) is 47.6 Å². The average molecular weight is 279 g/mol. The Hall–Kier alpha value is -0.350. The highest BCUT2D eigenvalue weighted by atomic mass is 33.1. The molecule has 0 rings (SSSR count). The van der Waals surface area contributed by atoms with E-state index in [4.69, 9.17) is 9.47 Å². The molecule has 0 heterocycles. The van der Waals surface area contributed by atoms with Gasteiger partial charge in [0, 0.05) is 0 Å². The Morgan fingerprint density at radius 1 is 1.35 bits per heavy atom. The van der Waals surface area contributed by atoms with E-state index in [2.05, 4.69) is 28.8 Å². The molecule has 100 valence electrons. The van der Waals surface area contributed by atoms with Crippen molar-refractivity contribution in [1.82, 2.24) is 5.32 Å². The van der Waals surface area contributed by atoms with Gasteiger partial charge in [-0.25, -0.2) is 0 Å². The average Bonchev–Trinajstić information content (AvgIpc) is 2.36. The molecule has 0 aromatic rings. The largest absolute Gasteiger partial charge is 0.369 e. The second-order valence-corrected chi connectivity index (χ2v) is 3.68. The maximum absolute atomic E-state index is 11.0. The molecule has 1 amide bonds. The van der Waals surface area contributed by atoms with Crippen molar-refractivity contribution >= 4 is 28.4 Å². The Morgan fingerprint density at radius 3 is 2.59 bits per heavy atom. The van der Waals surface area contributed by atoms with E-state index in [-0.39, 0.29) is 12.5 Å². The van der Waals surface area contributed by atoms with Gasteiger partial charge in [-0.1, -0.05) is 30.6 Å². The first-order valence-electron chi connectivity index (χ1n) is 5.39. The molecular weight excluding hydrogens is 258 g/mol. The number of carbonyl (C=O) groups excluding carboxylic acids is 1. The van der Waals surface area contributed by atoms with E-state index in [1.165, 1.54) is 10.8 Å². The Kier molecular flexibility index (Phi) is 20.1. The summed E-state index contributed by atoms with van der Waals surface area (Å²) in [6.07, 6.45) is 0. The fourth-order valence-corrected chi connectivity index (χ4v) is 1.08. The Labute approximate surface area is 113 Å². The van der Waals surface area contributed by atoms with Gasteiger partial charge in [0.05, 0.1) is 19.8 Å². The third kappa shape index (κ3) is 18.2. The zero-order valence-electron chi connectivity index (χ0n) is 10.6. The van der Waals surface area contributed by atoms with Crippen LogP contribution in [0.2, 0.25) is 0 Å². The van der Waals surface area contributed by atoms with Gasteiger partial charge in [0.25, 0.3) is 0 Å². The maximum atomic E-state index is 11.0. The second-order valence-electron chi connectivity index (χ2n) is 2.41. The van der Waals surface area contributed by atoms with Crippen molar-refractivity contribution in [3.63, 3.8) is 0 Å². The molecule has 0 saturated heterocycles. The standard InChI is InChI=1S/C9H15NO3S2.C2H6/c1-2-3-4-10-9(11)7-12-5-6-13-8-15-14;1-2/h14H,4-8H2,1H3,(H,10,11);1-2H3. The second kappa shape index (κ2) is 18.0. The van der Waals surface area contributed by atoms with Gasteiger partial charge < -0.3 is 14.8 Å². The Morgan fingerprint density at radius 2 is 2.00 bits per heavy atom. The molecular formula is C11H21NO3S2. The SMILES string of the molecule is CC.CC#CCNC(=O)COCCOCSS. The summed E-state index contributed by atoms with van der Waals surface area (Å²) in [6.45, 7) is 7.00. The number of hydrogen-bond donors (Lipinski definition) is 2. The van der Waals surface area contributed by atoms with Gasteiger partial charge in [0.1, 0.15) is 12.5 Å². The first-order valence-corrected chi connectivity index (χ1v) is 7.43. The molecule has 0 fully saturated rings. The molecule has 6 heteroatoms. The number of thiol groups is 1. The minimum atomic E-state index is -0.165. The molecule has 0 aromatic heterocycles. The van der Waals surface area contributed by atoms with E-state index in [0.717, 1.165) is 0 Å². The first-order chi connectivity index (χ1) is 8.31. The zero-order valence-corrected chi connectivity index (χ0v) is 12.3. The van der Waals surface area contributed by atoms with Gasteiger partial charge in [-0.15, -0.1) is 17.6 Å². The number of carbonyl (C=O) groups is 1. The van der Waals surface area contributed by atoms with Crippen molar-refractivity contribution in [2.75, 3.05) is 32.3 Å². The Balaban J connectivity index is 0. The summed E-state index contributed by atoms with van der Waals surface area (Å²) in [6, 6.07) is 0. The summed E-state index contributed by atoms with van der Waals surface area (Å²) in [5, 5.41) is 2.59. The van der Waals surface area contributed by atoms with Gasteiger partial charge in [-0.2, -0.15) is 0 Å². The summed E-state index contributed by atoms with van der Waals surface area (Å²) in [5.41, 5.74) is 0. The van der Waals surface area contributed by atoms with E-state index >= 15 is 0 Å². The van der Waals surface area contributed by atoms with Crippen molar-refractivity contribution in [3.05, 3.63) is 0 Å². The van der Waals surface area contributed by atoms with Crippen LogP contribution in [0, 0.1) is 11.8 Å². The molecule has 0 atom stereocenters. The zero-order chi connectivity index (χ0) is 13.4. The summed E-state index contributed by atoms with van der Waals surface area (Å²) in [7, 11) is 1.30. The van der Waals surface area contributed by atoms with Crippen molar-refractivity contribution in [3.8, 4) is 11.8 Å². The number of hydrogen-bond acceptors (Lipinski definition) is 5. The van der Waals surface area contributed by atoms with Gasteiger partial charge in [-0.3, -0.25) is 4.79 Å². The molecule has 0 bridgehead atoms. The third-order valence-electron chi connectivity index (χ3n) is 1.29. The third-order valence-corrected chi connectivity index (χ3v) is 1.88. The summed E-state index contributed by atoms with van der Waals surface area (Å²) in [5.74, 6) is 5.76. The number of rotatable bonds is 8. The molecule has 0 saturated carbocycles. The van der Waals surface area contributed by atoms with E-state index in [1.807, 2.05) is 13.8 Å².